The zero-order valence-electron chi connectivity index (χ0n) is 21.7. The zero-order valence-corrected chi connectivity index (χ0v) is 22.5. The summed E-state index contributed by atoms with van der Waals surface area (Å²) in [7, 11) is -3.79. The van der Waals surface area contributed by atoms with Gasteiger partial charge >= 0.3 is 0 Å². The first kappa shape index (κ1) is 27.0. The van der Waals surface area contributed by atoms with Gasteiger partial charge in [-0.15, -0.1) is 0 Å². The van der Waals surface area contributed by atoms with Crippen molar-refractivity contribution in [2.75, 3.05) is 30.9 Å². The molecule has 0 unspecified atom stereocenters. The van der Waals surface area contributed by atoms with E-state index in [1.54, 1.807) is 22.9 Å². The number of unbranched alkanes of at least 4 members (excludes halogenated alkanes) is 1. The van der Waals surface area contributed by atoms with Crippen molar-refractivity contribution in [1.82, 2.24) is 19.5 Å². The second kappa shape index (κ2) is 11.1. The molecular weight excluding hydrogens is 497 g/mol. The van der Waals surface area contributed by atoms with E-state index in [1.807, 2.05) is 18.6 Å². The average Bonchev–Trinajstić information content (AvgIpc) is 3.24. The molecule has 9 nitrogen and oxygen atoms in total. The third-order valence-electron chi connectivity index (χ3n) is 6.41. The predicted molar refractivity (Wildman–Crippen MR) is 141 cm³/mol. The highest BCUT2D eigenvalue weighted by Crippen LogP contribution is 2.36. The summed E-state index contributed by atoms with van der Waals surface area (Å²) in [4.78, 5) is 19.6. The summed E-state index contributed by atoms with van der Waals surface area (Å²) in [5, 5.41) is 5.61. The second-order valence-electron chi connectivity index (χ2n) is 9.77. The molecule has 4 rings (SSSR count). The number of sulfonamides is 1. The molecule has 37 heavy (non-hydrogen) atoms. The maximum absolute atomic E-state index is 13.6. The number of aromatic nitrogens is 3. The molecule has 0 bridgehead atoms. The summed E-state index contributed by atoms with van der Waals surface area (Å²) in [5.74, 6) is -1.16. The molecule has 1 amide bonds. The van der Waals surface area contributed by atoms with E-state index in [0.29, 0.717) is 24.4 Å². The summed E-state index contributed by atoms with van der Waals surface area (Å²) in [5.41, 5.74) is 2.52. The number of nitrogens with one attached hydrogen (secondary N) is 1. The van der Waals surface area contributed by atoms with Gasteiger partial charge in [-0.2, -0.15) is 5.10 Å². The van der Waals surface area contributed by atoms with Crippen LogP contribution in [0.2, 0.25) is 0 Å². The average molecular weight is 532 g/mol. The highest BCUT2D eigenvalue weighted by Gasteiger charge is 2.28. The fourth-order valence-corrected chi connectivity index (χ4v) is 4.97. The van der Waals surface area contributed by atoms with Crippen molar-refractivity contribution in [1.29, 1.82) is 0 Å². The summed E-state index contributed by atoms with van der Waals surface area (Å²) >= 11 is 0. The molecule has 0 spiro atoms. The van der Waals surface area contributed by atoms with E-state index in [1.165, 1.54) is 12.1 Å². The number of carbonyl (C=O) groups is 1. The van der Waals surface area contributed by atoms with Crippen LogP contribution in [-0.4, -0.2) is 61.1 Å². The fraction of sp³-hybridized carbons (Fsp3) is 0.500. The van der Waals surface area contributed by atoms with Gasteiger partial charge in [0.2, 0.25) is 10.0 Å². The lowest BCUT2D eigenvalue weighted by molar-refractivity contribution is 0.0355. The third kappa shape index (κ3) is 6.27. The van der Waals surface area contributed by atoms with Crippen LogP contribution in [-0.2, 0) is 14.8 Å². The lowest BCUT2D eigenvalue weighted by atomic mass is 10.0. The number of fused-ring (bicyclic) bond motifs is 1. The first-order chi connectivity index (χ1) is 17.6. The molecule has 1 fully saturated rings. The van der Waals surface area contributed by atoms with Crippen molar-refractivity contribution in [2.24, 2.45) is 0 Å². The number of carbonyl (C=O) groups excluding carboxylic acids is 1. The summed E-state index contributed by atoms with van der Waals surface area (Å²) < 4.78 is 46.8. The molecule has 1 aliphatic rings. The first-order valence-electron chi connectivity index (χ1n) is 12.7. The molecule has 0 saturated carbocycles. The Morgan fingerprint density at radius 2 is 1.89 bits per heavy atom. The minimum Gasteiger partial charge on any atom is -0.378 e. The number of hydrogen-bond donors (Lipinski definition) is 1. The van der Waals surface area contributed by atoms with Gasteiger partial charge in [0.25, 0.3) is 5.91 Å². The van der Waals surface area contributed by atoms with Crippen molar-refractivity contribution >= 4 is 32.7 Å². The molecule has 1 N–H and O–H groups in total. The van der Waals surface area contributed by atoms with Crippen LogP contribution in [0, 0.1) is 5.82 Å². The number of piperidine rings is 1. The molecule has 0 aliphatic carbocycles. The molecule has 2 aromatic heterocycles. The number of nitrogens with zero attached hydrogens (tertiary/aromatic N) is 4. The Morgan fingerprint density at radius 1 is 1.22 bits per heavy atom. The topological polar surface area (TPSA) is 106 Å². The Morgan fingerprint density at radius 3 is 2.49 bits per heavy atom. The predicted octanol–water partition coefficient (Wildman–Crippen LogP) is 4.16. The van der Waals surface area contributed by atoms with Gasteiger partial charge in [0.1, 0.15) is 11.5 Å². The summed E-state index contributed by atoms with van der Waals surface area (Å²) in [6, 6.07) is 7.50. The monoisotopic (exact) mass is 531 g/mol. The van der Waals surface area contributed by atoms with Crippen LogP contribution in [0.15, 0.2) is 30.3 Å². The Labute approximate surface area is 217 Å². The van der Waals surface area contributed by atoms with Gasteiger partial charge in [-0.05, 0) is 55.5 Å². The number of rotatable bonds is 9. The smallest absolute Gasteiger partial charge is 0.283 e. The van der Waals surface area contributed by atoms with E-state index in [4.69, 9.17) is 9.84 Å². The van der Waals surface area contributed by atoms with Crippen LogP contribution in [0.25, 0.3) is 16.7 Å². The molecule has 3 aromatic rings. The number of amides is 1. The van der Waals surface area contributed by atoms with Crippen molar-refractivity contribution < 1.29 is 22.3 Å². The van der Waals surface area contributed by atoms with Gasteiger partial charge in [0.05, 0.1) is 34.8 Å². The molecule has 0 radical (unpaired) electrons. The second-order valence-corrected chi connectivity index (χ2v) is 11.5. The highest BCUT2D eigenvalue weighted by molar-refractivity contribution is 7.89. The summed E-state index contributed by atoms with van der Waals surface area (Å²) in [6.07, 6.45) is 4.89. The number of anilines is 1. The van der Waals surface area contributed by atoms with E-state index in [0.717, 1.165) is 55.3 Å². The Hall–Kier alpha value is -3.05. The number of benzene rings is 1. The van der Waals surface area contributed by atoms with Gasteiger partial charge in [-0.1, -0.05) is 27.2 Å². The van der Waals surface area contributed by atoms with E-state index in [-0.39, 0.29) is 23.5 Å². The quantitative estimate of drug-likeness (QED) is 0.413. The minimum atomic E-state index is -3.79. The van der Waals surface area contributed by atoms with Crippen LogP contribution >= 0.6 is 0 Å². The molecular formula is C26H34FN5O4S. The maximum atomic E-state index is 13.6. The number of hydrogen-bond acceptors (Lipinski definition) is 7. The van der Waals surface area contributed by atoms with E-state index < -0.39 is 15.9 Å². The van der Waals surface area contributed by atoms with E-state index in [2.05, 4.69) is 16.8 Å². The highest BCUT2D eigenvalue weighted by atomic mass is 32.2. The van der Waals surface area contributed by atoms with Crippen molar-refractivity contribution in [3.8, 4) is 5.69 Å². The molecule has 1 aromatic carbocycles. The molecule has 3 heterocycles. The molecule has 1 saturated heterocycles. The van der Waals surface area contributed by atoms with Crippen LogP contribution in [0.3, 0.4) is 0 Å². The first-order valence-corrected chi connectivity index (χ1v) is 14.5. The normalized spacial score (nSPS) is 15.0. The van der Waals surface area contributed by atoms with Gasteiger partial charge in [-0.25, -0.2) is 27.2 Å². The lowest BCUT2D eigenvalue weighted by Crippen LogP contribution is -2.37. The van der Waals surface area contributed by atoms with Crippen LogP contribution in [0.5, 0.6) is 0 Å². The van der Waals surface area contributed by atoms with Crippen molar-refractivity contribution in [3.05, 3.63) is 47.5 Å². The minimum absolute atomic E-state index is 0.0344. The van der Waals surface area contributed by atoms with Crippen molar-refractivity contribution in [2.45, 2.75) is 58.5 Å². The number of pyridine rings is 1. The Kier molecular flexibility index (Phi) is 8.13. The maximum Gasteiger partial charge on any atom is 0.283 e. The SMILES string of the molecule is CCCCOC1CCN(c2cc(C(=O)NS(C)(=O)=O)nc3c2c(C(C)C)nn3-c2ccc(F)cc2)CC1. The fourth-order valence-electron chi connectivity index (χ4n) is 4.53. The van der Waals surface area contributed by atoms with Gasteiger partial charge in [0, 0.05) is 19.7 Å². The van der Waals surface area contributed by atoms with Crippen LogP contribution in [0.4, 0.5) is 10.1 Å². The van der Waals surface area contributed by atoms with Crippen LogP contribution in [0.1, 0.15) is 68.6 Å². The van der Waals surface area contributed by atoms with Crippen LogP contribution < -0.4 is 9.62 Å². The molecule has 200 valence electrons. The third-order valence-corrected chi connectivity index (χ3v) is 6.96. The number of halogens is 1. The summed E-state index contributed by atoms with van der Waals surface area (Å²) in [6.45, 7) is 8.36. The van der Waals surface area contributed by atoms with Crippen molar-refractivity contribution in [3.63, 3.8) is 0 Å². The molecule has 0 atom stereocenters. The zero-order chi connectivity index (χ0) is 26.7. The molecule has 1 aliphatic heterocycles. The molecule has 11 heteroatoms. The number of ether oxygens (including phenoxy) is 1. The van der Waals surface area contributed by atoms with Gasteiger partial charge in [-0.3, -0.25) is 4.79 Å². The van der Waals surface area contributed by atoms with E-state index >= 15 is 0 Å². The van der Waals surface area contributed by atoms with Gasteiger partial charge in [0.15, 0.2) is 5.65 Å². The largest absolute Gasteiger partial charge is 0.378 e. The Bertz CT molecular complexity index is 1360. The Balaban J connectivity index is 1.82. The van der Waals surface area contributed by atoms with E-state index in [9.17, 15) is 17.6 Å². The van der Waals surface area contributed by atoms with Gasteiger partial charge < -0.3 is 9.64 Å². The lowest BCUT2D eigenvalue weighted by Gasteiger charge is -2.34. The standard InChI is InChI=1S/C26H34FN5O4S/c1-5-6-15-36-20-11-13-31(14-12-20)22-16-21(26(33)30-37(4,34)35)28-25-23(22)24(17(2)3)29-32(25)19-9-7-18(27)8-10-19/h7-10,16-17,20H,5-6,11-15H2,1-4H3,(H,30,33).